The molecular formula is C17H18F3N3O. The minimum absolute atomic E-state index is 0.303. The van der Waals surface area contributed by atoms with Gasteiger partial charge in [0.25, 0.3) is 0 Å². The van der Waals surface area contributed by atoms with Crippen LogP contribution in [0.5, 0.6) is 5.75 Å². The number of hydrogen-bond acceptors (Lipinski definition) is 4. The zero-order valence-electron chi connectivity index (χ0n) is 13.0. The molecular weight excluding hydrogens is 319 g/mol. The Balaban J connectivity index is 1.64. The van der Waals surface area contributed by atoms with Gasteiger partial charge in [0.05, 0.1) is 11.9 Å². The number of nitrogens with zero attached hydrogens (tertiary/aromatic N) is 2. The maximum Gasteiger partial charge on any atom is 0.573 e. The second kappa shape index (κ2) is 6.78. The topological polar surface area (TPSA) is 51.4 Å². The first-order valence-corrected chi connectivity index (χ1v) is 7.67. The van der Waals surface area contributed by atoms with Gasteiger partial charge in [0.15, 0.2) is 0 Å². The Morgan fingerprint density at radius 3 is 2.67 bits per heavy atom. The molecule has 0 unspecified atom stereocenters. The Morgan fingerprint density at radius 2 is 2.00 bits per heavy atom. The largest absolute Gasteiger partial charge is 0.573 e. The van der Waals surface area contributed by atoms with Gasteiger partial charge in [0, 0.05) is 26.2 Å². The van der Waals surface area contributed by atoms with Crippen molar-refractivity contribution in [1.29, 1.82) is 0 Å². The number of alkyl halides is 3. The SMILES string of the molecule is NCc1ccc2c(c1)CN(Cc1ccc(OC(F)(F)F)cn1)CC2. The summed E-state index contributed by atoms with van der Waals surface area (Å²) in [7, 11) is 0. The number of rotatable bonds is 4. The lowest BCUT2D eigenvalue weighted by Gasteiger charge is -2.28. The molecule has 4 nitrogen and oxygen atoms in total. The molecule has 2 heterocycles. The van der Waals surface area contributed by atoms with Gasteiger partial charge < -0.3 is 10.5 Å². The van der Waals surface area contributed by atoms with Crippen molar-refractivity contribution in [3.63, 3.8) is 0 Å². The van der Waals surface area contributed by atoms with Gasteiger partial charge in [0.2, 0.25) is 0 Å². The Kier molecular flexibility index (Phi) is 4.73. The predicted molar refractivity (Wildman–Crippen MR) is 83.1 cm³/mol. The van der Waals surface area contributed by atoms with Crippen molar-refractivity contribution in [2.75, 3.05) is 6.54 Å². The minimum atomic E-state index is -4.69. The van der Waals surface area contributed by atoms with E-state index in [0.29, 0.717) is 18.8 Å². The number of pyridine rings is 1. The molecule has 1 aromatic heterocycles. The Hall–Kier alpha value is -2.12. The monoisotopic (exact) mass is 337 g/mol. The van der Waals surface area contributed by atoms with Gasteiger partial charge >= 0.3 is 6.36 Å². The lowest BCUT2D eigenvalue weighted by atomic mass is 9.97. The van der Waals surface area contributed by atoms with Crippen LogP contribution in [0.2, 0.25) is 0 Å². The fraction of sp³-hybridized carbons (Fsp3) is 0.353. The van der Waals surface area contributed by atoms with Crippen LogP contribution in [0, 0.1) is 0 Å². The van der Waals surface area contributed by atoms with Crippen molar-refractivity contribution in [3.05, 3.63) is 58.9 Å². The summed E-state index contributed by atoms with van der Waals surface area (Å²) >= 11 is 0. The first-order chi connectivity index (χ1) is 11.4. The molecule has 0 saturated carbocycles. The highest BCUT2D eigenvalue weighted by Crippen LogP contribution is 2.24. The van der Waals surface area contributed by atoms with Gasteiger partial charge in [-0.2, -0.15) is 0 Å². The summed E-state index contributed by atoms with van der Waals surface area (Å²) in [5.41, 5.74) is 10.1. The molecule has 24 heavy (non-hydrogen) atoms. The smallest absolute Gasteiger partial charge is 0.404 e. The molecule has 0 atom stereocenters. The van der Waals surface area contributed by atoms with Gasteiger partial charge in [-0.1, -0.05) is 18.2 Å². The lowest BCUT2D eigenvalue weighted by molar-refractivity contribution is -0.274. The summed E-state index contributed by atoms with van der Waals surface area (Å²) in [6.45, 7) is 2.76. The van der Waals surface area contributed by atoms with Crippen molar-refractivity contribution in [2.24, 2.45) is 5.73 Å². The summed E-state index contributed by atoms with van der Waals surface area (Å²) in [6.07, 6.45) is -2.65. The third-order valence-corrected chi connectivity index (χ3v) is 4.01. The normalized spacial score (nSPS) is 15.2. The van der Waals surface area contributed by atoms with Crippen molar-refractivity contribution in [2.45, 2.75) is 32.4 Å². The van der Waals surface area contributed by atoms with E-state index in [2.05, 4.69) is 32.8 Å². The zero-order chi connectivity index (χ0) is 17.2. The first-order valence-electron chi connectivity index (χ1n) is 7.67. The highest BCUT2D eigenvalue weighted by Gasteiger charge is 2.31. The highest BCUT2D eigenvalue weighted by molar-refractivity contribution is 5.34. The summed E-state index contributed by atoms with van der Waals surface area (Å²) in [5.74, 6) is -0.303. The molecule has 0 amide bonds. The summed E-state index contributed by atoms with van der Waals surface area (Å²) < 4.78 is 40.3. The van der Waals surface area contributed by atoms with Crippen LogP contribution in [0.3, 0.4) is 0 Å². The van der Waals surface area contributed by atoms with Crippen molar-refractivity contribution in [1.82, 2.24) is 9.88 Å². The zero-order valence-corrected chi connectivity index (χ0v) is 13.0. The van der Waals surface area contributed by atoms with Crippen LogP contribution in [0.25, 0.3) is 0 Å². The van der Waals surface area contributed by atoms with E-state index >= 15 is 0 Å². The van der Waals surface area contributed by atoms with Gasteiger partial charge in [-0.05, 0) is 35.2 Å². The van der Waals surface area contributed by atoms with Crippen LogP contribution in [-0.2, 0) is 26.1 Å². The van der Waals surface area contributed by atoms with Gasteiger partial charge in [-0.15, -0.1) is 13.2 Å². The molecule has 0 aliphatic carbocycles. The Bertz CT molecular complexity index is 701. The second-order valence-corrected chi connectivity index (χ2v) is 5.80. The number of aromatic nitrogens is 1. The van der Waals surface area contributed by atoms with E-state index in [9.17, 15) is 13.2 Å². The number of nitrogens with two attached hydrogens (primary N) is 1. The first kappa shape index (κ1) is 16.7. The van der Waals surface area contributed by atoms with Crippen LogP contribution in [-0.4, -0.2) is 22.8 Å². The van der Waals surface area contributed by atoms with E-state index in [-0.39, 0.29) is 5.75 Å². The Morgan fingerprint density at radius 1 is 1.17 bits per heavy atom. The molecule has 1 aliphatic rings. The standard InChI is InChI=1S/C17H18F3N3O/c18-17(19,20)24-16-4-3-15(22-9-16)11-23-6-5-13-2-1-12(8-21)7-14(13)10-23/h1-4,7,9H,5-6,8,10-11,21H2. The molecule has 1 aliphatic heterocycles. The maximum absolute atomic E-state index is 12.2. The van der Waals surface area contributed by atoms with E-state index < -0.39 is 6.36 Å². The molecule has 1 aromatic carbocycles. The minimum Gasteiger partial charge on any atom is -0.404 e. The van der Waals surface area contributed by atoms with E-state index in [1.165, 1.54) is 17.2 Å². The molecule has 7 heteroatoms. The summed E-state index contributed by atoms with van der Waals surface area (Å²) in [6, 6.07) is 9.15. The fourth-order valence-corrected chi connectivity index (χ4v) is 2.86. The number of hydrogen-bond donors (Lipinski definition) is 1. The van der Waals surface area contributed by atoms with Crippen molar-refractivity contribution >= 4 is 0 Å². The molecule has 2 aromatic rings. The molecule has 0 spiro atoms. The summed E-state index contributed by atoms with van der Waals surface area (Å²) in [4.78, 5) is 6.28. The van der Waals surface area contributed by atoms with Crippen LogP contribution < -0.4 is 10.5 Å². The maximum atomic E-state index is 12.2. The number of ether oxygens (including phenoxy) is 1. The van der Waals surface area contributed by atoms with Crippen LogP contribution in [0.15, 0.2) is 36.5 Å². The lowest BCUT2D eigenvalue weighted by Crippen LogP contribution is -2.30. The number of benzene rings is 1. The predicted octanol–water partition coefficient (Wildman–Crippen LogP) is 3.00. The van der Waals surface area contributed by atoms with Crippen molar-refractivity contribution in [3.8, 4) is 5.75 Å². The average Bonchev–Trinajstić information content (AvgIpc) is 2.54. The van der Waals surface area contributed by atoms with Gasteiger partial charge in [0.1, 0.15) is 5.75 Å². The molecule has 3 rings (SSSR count). The third-order valence-electron chi connectivity index (χ3n) is 4.01. The average molecular weight is 337 g/mol. The van der Waals surface area contributed by atoms with E-state index in [4.69, 9.17) is 5.73 Å². The third kappa shape index (κ3) is 4.24. The quantitative estimate of drug-likeness (QED) is 0.932. The van der Waals surface area contributed by atoms with Crippen molar-refractivity contribution < 1.29 is 17.9 Å². The van der Waals surface area contributed by atoms with E-state index in [1.807, 2.05) is 0 Å². The molecule has 128 valence electrons. The second-order valence-electron chi connectivity index (χ2n) is 5.80. The molecule has 0 bridgehead atoms. The van der Waals surface area contributed by atoms with Gasteiger partial charge in [-0.3, -0.25) is 9.88 Å². The Labute approximate surface area is 138 Å². The van der Waals surface area contributed by atoms with E-state index in [1.54, 1.807) is 6.07 Å². The molecule has 0 fully saturated rings. The van der Waals surface area contributed by atoms with E-state index in [0.717, 1.165) is 31.3 Å². The molecule has 2 N–H and O–H groups in total. The van der Waals surface area contributed by atoms with Crippen LogP contribution >= 0.6 is 0 Å². The van der Waals surface area contributed by atoms with Crippen LogP contribution in [0.1, 0.15) is 22.4 Å². The number of fused-ring (bicyclic) bond motifs is 1. The fourth-order valence-electron chi connectivity index (χ4n) is 2.86. The van der Waals surface area contributed by atoms with Gasteiger partial charge in [-0.25, -0.2) is 0 Å². The highest BCUT2D eigenvalue weighted by atomic mass is 19.4. The molecule has 0 radical (unpaired) electrons. The summed E-state index contributed by atoms with van der Waals surface area (Å²) in [5, 5.41) is 0. The molecule has 0 saturated heterocycles. The van der Waals surface area contributed by atoms with Crippen LogP contribution in [0.4, 0.5) is 13.2 Å². The number of halogens is 3.